The maximum Gasteiger partial charge on any atom is 0.417 e. The molecule has 0 unspecified atom stereocenters. The zero-order valence-electron chi connectivity index (χ0n) is 20.6. The van der Waals surface area contributed by atoms with Crippen LogP contribution in [-0.4, -0.2) is 54.1 Å². The average Bonchev–Trinajstić information content (AvgIpc) is 3.42. The molecule has 4 N–H and O–H groups in total. The maximum atomic E-state index is 13.4. The minimum atomic E-state index is -4.95. The molecular weight excluding hydrogens is 576 g/mol. The topological polar surface area (TPSA) is 169 Å². The lowest BCUT2D eigenvalue weighted by Crippen LogP contribution is -2.14. The van der Waals surface area contributed by atoms with Gasteiger partial charge in [0, 0.05) is 0 Å². The molecule has 2 aromatic heterocycles. The van der Waals surface area contributed by atoms with Gasteiger partial charge in [0.2, 0.25) is 0 Å². The molecule has 0 aliphatic heterocycles. The minimum absolute atomic E-state index is 0.0802. The van der Waals surface area contributed by atoms with Gasteiger partial charge in [-0.2, -0.15) is 31.4 Å². The summed E-state index contributed by atoms with van der Waals surface area (Å²) in [5, 5.41) is 29.3. The summed E-state index contributed by atoms with van der Waals surface area (Å²) in [4.78, 5) is 30.5. The van der Waals surface area contributed by atoms with E-state index >= 15 is 0 Å². The first kappa shape index (κ1) is 29.4. The Hall–Kier alpha value is -5.61. The summed E-state index contributed by atoms with van der Waals surface area (Å²) in [5.74, 6) is 1.89. The molecule has 4 rings (SSSR count). The number of alkyl halides is 6. The Kier molecular flexibility index (Phi) is 7.77. The van der Waals surface area contributed by atoms with Crippen LogP contribution in [0.4, 0.5) is 32.0 Å². The van der Waals surface area contributed by atoms with Crippen molar-refractivity contribution in [3.8, 4) is 17.1 Å². The normalized spacial score (nSPS) is 12.6. The van der Waals surface area contributed by atoms with Gasteiger partial charge >= 0.3 is 24.3 Å². The van der Waals surface area contributed by atoms with E-state index in [-0.39, 0.29) is 34.2 Å². The van der Waals surface area contributed by atoms with Crippen molar-refractivity contribution in [3.05, 3.63) is 88.7 Å². The third-order valence-corrected chi connectivity index (χ3v) is 5.58. The highest BCUT2D eigenvalue weighted by atomic mass is 19.4. The van der Waals surface area contributed by atoms with Gasteiger partial charge in [0.05, 0.1) is 57.4 Å². The number of benzene rings is 2. The number of nitrogens with two attached hydrogens (primary N) is 1. The van der Waals surface area contributed by atoms with Crippen molar-refractivity contribution in [3.63, 3.8) is 0 Å². The first-order valence-electron chi connectivity index (χ1n) is 11.3. The lowest BCUT2D eigenvalue weighted by Gasteiger charge is -2.11. The van der Waals surface area contributed by atoms with E-state index in [4.69, 9.17) is 16.1 Å². The number of carboxylic acid groups (broad SMARTS) is 2. The molecule has 42 heavy (non-hydrogen) atoms. The van der Waals surface area contributed by atoms with Gasteiger partial charge < -0.3 is 16.1 Å². The second-order valence-electron chi connectivity index (χ2n) is 8.29. The predicted octanol–water partition coefficient (Wildman–Crippen LogP) is 4.83. The van der Waals surface area contributed by atoms with Crippen LogP contribution in [0.25, 0.3) is 17.1 Å². The highest BCUT2D eigenvalue weighted by Crippen LogP contribution is 2.35. The largest absolute Gasteiger partial charge is 0.478 e. The van der Waals surface area contributed by atoms with Gasteiger partial charge in [-0.1, -0.05) is 11.3 Å². The van der Waals surface area contributed by atoms with Gasteiger partial charge in [-0.25, -0.2) is 19.3 Å². The van der Waals surface area contributed by atoms with Crippen molar-refractivity contribution in [2.24, 2.45) is 15.9 Å². The van der Waals surface area contributed by atoms with Crippen LogP contribution in [0.3, 0.4) is 0 Å². The molecule has 0 saturated heterocycles. The van der Waals surface area contributed by atoms with Crippen molar-refractivity contribution >= 4 is 29.6 Å². The number of halogens is 6. The van der Waals surface area contributed by atoms with E-state index in [9.17, 15) is 35.9 Å². The third kappa shape index (κ3) is 6.24. The highest BCUT2D eigenvalue weighted by Gasteiger charge is 2.36. The fourth-order valence-corrected chi connectivity index (χ4v) is 3.66. The molecular formula is C25H15F6N7O4. The summed E-state index contributed by atoms with van der Waals surface area (Å²) in [5.41, 5.74) is -4.85. The zero-order chi connectivity index (χ0) is 30.8. The Morgan fingerprint density at radius 3 is 2.07 bits per heavy atom. The molecule has 2 heterocycles. The first-order valence-corrected chi connectivity index (χ1v) is 11.3. The van der Waals surface area contributed by atoms with Crippen molar-refractivity contribution < 1.29 is 46.1 Å². The summed E-state index contributed by atoms with van der Waals surface area (Å²) >= 11 is 0. The van der Waals surface area contributed by atoms with E-state index in [1.54, 1.807) is 0 Å². The fraction of sp³-hybridized carbons (Fsp3) is 0.0800. The van der Waals surface area contributed by atoms with Crippen LogP contribution >= 0.6 is 0 Å². The van der Waals surface area contributed by atoms with E-state index in [0.717, 1.165) is 35.2 Å². The van der Waals surface area contributed by atoms with Gasteiger partial charge in [-0.15, -0.1) is 5.10 Å². The fourth-order valence-electron chi connectivity index (χ4n) is 3.66. The standard InChI is InChI=1S/C25H15F6N7O4/c26-24(27,28)16-8-12(4-6-14(16)22(39)40)33-10-20(35-32)18-2-1-3-19(34-18)21-11-38(37-36-21)13-5-7-15(23(41)42)17(9-13)25(29,30)31/h1-11H,32H2,(H,39,40)(H,41,42)/b33-10?,35-20+. The molecule has 2 aromatic carbocycles. The average molecular weight is 591 g/mol. The Labute approximate surface area is 230 Å². The van der Waals surface area contributed by atoms with Crippen LogP contribution < -0.4 is 5.84 Å². The lowest BCUT2D eigenvalue weighted by atomic mass is 10.1. The quantitative estimate of drug-likeness (QED) is 0.119. The number of aliphatic imine (C=N–C) groups is 1. The molecule has 11 nitrogen and oxygen atoms in total. The van der Waals surface area contributed by atoms with Crippen molar-refractivity contribution in [2.75, 3.05) is 0 Å². The summed E-state index contributed by atoms with van der Waals surface area (Å²) in [6.45, 7) is 0. The number of hydrogen-bond donors (Lipinski definition) is 3. The number of carbonyl (C=O) groups is 2. The number of aromatic nitrogens is 4. The third-order valence-electron chi connectivity index (χ3n) is 5.58. The number of hydrogen-bond acceptors (Lipinski definition) is 8. The number of aromatic carboxylic acids is 2. The molecule has 0 saturated carbocycles. The number of nitrogens with zero attached hydrogens (tertiary/aromatic N) is 6. The summed E-state index contributed by atoms with van der Waals surface area (Å²) < 4.78 is 81.1. The second-order valence-corrected chi connectivity index (χ2v) is 8.29. The van der Waals surface area contributed by atoms with Crippen LogP contribution in [-0.2, 0) is 12.4 Å². The molecule has 0 fully saturated rings. The predicted molar refractivity (Wildman–Crippen MR) is 134 cm³/mol. The van der Waals surface area contributed by atoms with Crippen LogP contribution in [0.1, 0.15) is 37.5 Å². The van der Waals surface area contributed by atoms with E-state index in [0.29, 0.717) is 12.1 Å². The molecule has 0 bridgehead atoms. The summed E-state index contributed by atoms with van der Waals surface area (Å²) in [7, 11) is 0. The summed E-state index contributed by atoms with van der Waals surface area (Å²) in [6.07, 6.45) is -7.67. The lowest BCUT2D eigenvalue weighted by molar-refractivity contribution is -0.138. The summed E-state index contributed by atoms with van der Waals surface area (Å²) in [6, 6.07) is 9.25. The van der Waals surface area contributed by atoms with Crippen LogP contribution in [0.15, 0.2) is 70.9 Å². The Balaban J connectivity index is 1.63. The number of hydrazone groups is 1. The molecule has 0 aliphatic carbocycles. The highest BCUT2D eigenvalue weighted by molar-refractivity contribution is 6.38. The Morgan fingerprint density at radius 2 is 1.48 bits per heavy atom. The molecule has 0 aliphatic rings. The van der Waals surface area contributed by atoms with Crippen LogP contribution in [0, 0.1) is 0 Å². The van der Waals surface area contributed by atoms with E-state index < -0.39 is 46.5 Å². The second kappa shape index (κ2) is 11.1. The smallest absolute Gasteiger partial charge is 0.417 e. The molecule has 0 spiro atoms. The van der Waals surface area contributed by atoms with E-state index in [1.165, 1.54) is 24.4 Å². The first-order chi connectivity index (χ1) is 19.7. The SMILES string of the molecule is N/N=C(\C=Nc1ccc(C(=O)O)c(C(F)(F)F)c1)c1cccc(-c2cn(-c3ccc(C(=O)O)c(C(F)(F)F)c3)nn2)n1. The van der Waals surface area contributed by atoms with Gasteiger partial charge in [0.25, 0.3) is 0 Å². The number of rotatable bonds is 7. The van der Waals surface area contributed by atoms with Crippen LogP contribution in [0.2, 0.25) is 0 Å². The van der Waals surface area contributed by atoms with Gasteiger partial charge in [-0.3, -0.25) is 4.99 Å². The van der Waals surface area contributed by atoms with Gasteiger partial charge in [0.1, 0.15) is 11.4 Å². The Bertz CT molecular complexity index is 1750. The van der Waals surface area contributed by atoms with Crippen molar-refractivity contribution in [1.82, 2.24) is 20.0 Å². The van der Waals surface area contributed by atoms with Crippen molar-refractivity contribution in [2.45, 2.75) is 12.4 Å². The Morgan fingerprint density at radius 1 is 0.857 bits per heavy atom. The van der Waals surface area contributed by atoms with Crippen LogP contribution in [0.5, 0.6) is 0 Å². The number of pyridine rings is 1. The number of carboxylic acids is 2. The van der Waals surface area contributed by atoms with Gasteiger partial charge in [-0.05, 0) is 48.5 Å². The molecule has 4 aromatic rings. The zero-order valence-corrected chi connectivity index (χ0v) is 20.6. The molecule has 17 heteroatoms. The molecule has 0 radical (unpaired) electrons. The van der Waals surface area contributed by atoms with Gasteiger partial charge in [0.15, 0.2) is 0 Å². The van der Waals surface area contributed by atoms with E-state index in [2.05, 4.69) is 25.4 Å². The van der Waals surface area contributed by atoms with E-state index in [1.807, 2.05) is 0 Å². The monoisotopic (exact) mass is 591 g/mol. The molecule has 0 amide bonds. The molecule has 216 valence electrons. The maximum absolute atomic E-state index is 13.4. The minimum Gasteiger partial charge on any atom is -0.478 e. The van der Waals surface area contributed by atoms with Crippen molar-refractivity contribution in [1.29, 1.82) is 0 Å². The molecule has 0 atom stereocenters.